The monoisotopic (exact) mass is 289 g/mol. The number of aliphatic hydroxyl groups excluding tert-OH is 1. The quantitative estimate of drug-likeness (QED) is 0.872. The van der Waals surface area contributed by atoms with Gasteiger partial charge >= 0.3 is 0 Å². The van der Waals surface area contributed by atoms with E-state index in [-0.39, 0.29) is 24.1 Å². The van der Waals surface area contributed by atoms with Crippen molar-refractivity contribution in [1.82, 2.24) is 4.31 Å². The summed E-state index contributed by atoms with van der Waals surface area (Å²) in [6.45, 7) is 5.34. The molecule has 0 aliphatic rings. The van der Waals surface area contributed by atoms with Crippen LogP contribution in [0.3, 0.4) is 0 Å². The molecular formula is C13H20FNO3S. The lowest BCUT2D eigenvalue weighted by molar-refractivity contribution is 0.281. The minimum atomic E-state index is -3.88. The lowest BCUT2D eigenvalue weighted by Crippen LogP contribution is -2.38. The van der Waals surface area contributed by atoms with Gasteiger partial charge in [-0.3, -0.25) is 0 Å². The van der Waals surface area contributed by atoms with Crippen LogP contribution in [0, 0.1) is 5.82 Å². The molecule has 1 aromatic carbocycles. The SMILES string of the molecule is CCC(C)N(CC)S(=O)(=O)c1cc(CO)ccc1F. The van der Waals surface area contributed by atoms with Crippen LogP contribution in [-0.4, -0.2) is 30.4 Å². The highest BCUT2D eigenvalue weighted by atomic mass is 32.2. The molecular weight excluding hydrogens is 269 g/mol. The Morgan fingerprint density at radius 3 is 2.47 bits per heavy atom. The minimum Gasteiger partial charge on any atom is -0.392 e. The fourth-order valence-corrected chi connectivity index (χ4v) is 3.72. The van der Waals surface area contributed by atoms with E-state index in [0.29, 0.717) is 12.0 Å². The molecule has 108 valence electrons. The molecule has 1 atom stereocenters. The molecule has 1 aromatic rings. The van der Waals surface area contributed by atoms with Crippen LogP contribution in [0.2, 0.25) is 0 Å². The maximum atomic E-state index is 13.8. The van der Waals surface area contributed by atoms with Crippen LogP contribution in [0.4, 0.5) is 4.39 Å². The van der Waals surface area contributed by atoms with Gasteiger partial charge in [-0.25, -0.2) is 12.8 Å². The Labute approximate surface area is 113 Å². The molecule has 0 saturated carbocycles. The van der Waals surface area contributed by atoms with Crippen molar-refractivity contribution in [2.45, 2.75) is 44.7 Å². The van der Waals surface area contributed by atoms with Crippen LogP contribution >= 0.6 is 0 Å². The maximum Gasteiger partial charge on any atom is 0.246 e. The van der Waals surface area contributed by atoms with Crippen LogP contribution in [0.1, 0.15) is 32.8 Å². The van der Waals surface area contributed by atoms with Crippen molar-refractivity contribution in [3.8, 4) is 0 Å². The average molecular weight is 289 g/mol. The Bertz CT molecular complexity index is 531. The van der Waals surface area contributed by atoms with Crippen LogP contribution in [-0.2, 0) is 16.6 Å². The van der Waals surface area contributed by atoms with Crippen molar-refractivity contribution in [1.29, 1.82) is 0 Å². The van der Waals surface area contributed by atoms with E-state index in [9.17, 15) is 12.8 Å². The molecule has 0 aromatic heterocycles. The second-order valence-corrected chi connectivity index (χ2v) is 6.25. The molecule has 1 N–H and O–H groups in total. The summed E-state index contributed by atoms with van der Waals surface area (Å²) in [4.78, 5) is -0.374. The number of rotatable bonds is 6. The molecule has 1 rings (SSSR count). The Morgan fingerprint density at radius 2 is 2.00 bits per heavy atom. The third-order valence-corrected chi connectivity index (χ3v) is 5.26. The van der Waals surface area contributed by atoms with Gasteiger partial charge in [0.15, 0.2) is 0 Å². The average Bonchev–Trinajstić information content (AvgIpc) is 2.39. The minimum absolute atomic E-state index is 0.202. The molecule has 1 unspecified atom stereocenters. The fourth-order valence-electron chi connectivity index (χ4n) is 1.89. The Morgan fingerprint density at radius 1 is 1.37 bits per heavy atom. The largest absolute Gasteiger partial charge is 0.392 e. The standard InChI is InChI=1S/C13H20FNO3S/c1-4-10(3)15(5-2)19(17,18)13-8-11(9-16)6-7-12(13)14/h6-8,10,16H,4-5,9H2,1-3H3. The third kappa shape index (κ3) is 3.32. The zero-order chi connectivity index (χ0) is 14.6. The summed E-state index contributed by atoms with van der Waals surface area (Å²) in [6.07, 6.45) is 0.647. The molecule has 0 saturated heterocycles. The van der Waals surface area contributed by atoms with Crippen molar-refractivity contribution >= 4 is 10.0 Å². The lowest BCUT2D eigenvalue weighted by Gasteiger charge is -2.26. The number of benzene rings is 1. The predicted molar refractivity (Wildman–Crippen MR) is 71.6 cm³/mol. The van der Waals surface area contributed by atoms with Gasteiger partial charge in [0.2, 0.25) is 10.0 Å². The van der Waals surface area contributed by atoms with Crippen molar-refractivity contribution in [3.05, 3.63) is 29.6 Å². The Balaban J connectivity index is 3.33. The van der Waals surface area contributed by atoms with Crippen molar-refractivity contribution in [2.24, 2.45) is 0 Å². The summed E-state index contributed by atoms with van der Waals surface area (Å²) in [6, 6.07) is 3.43. The van der Waals surface area contributed by atoms with E-state index in [4.69, 9.17) is 5.11 Å². The van der Waals surface area contributed by atoms with Gasteiger partial charge in [-0.2, -0.15) is 4.31 Å². The number of hydrogen-bond acceptors (Lipinski definition) is 3. The van der Waals surface area contributed by atoms with E-state index in [0.717, 1.165) is 6.07 Å². The molecule has 0 heterocycles. The summed E-state index contributed by atoms with van der Waals surface area (Å²) in [5.74, 6) is -0.793. The highest BCUT2D eigenvalue weighted by molar-refractivity contribution is 7.89. The first kappa shape index (κ1) is 16.1. The first-order chi connectivity index (χ1) is 8.88. The van der Waals surface area contributed by atoms with Gasteiger partial charge in [0.1, 0.15) is 10.7 Å². The lowest BCUT2D eigenvalue weighted by atomic mass is 10.2. The molecule has 19 heavy (non-hydrogen) atoms. The highest BCUT2D eigenvalue weighted by Crippen LogP contribution is 2.23. The van der Waals surface area contributed by atoms with Gasteiger partial charge in [0, 0.05) is 12.6 Å². The zero-order valence-corrected chi connectivity index (χ0v) is 12.2. The van der Waals surface area contributed by atoms with E-state index < -0.39 is 15.8 Å². The van der Waals surface area contributed by atoms with Gasteiger partial charge in [-0.1, -0.05) is 19.9 Å². The van der Waals surface area contributed by atoms with Gasteiger partial charge in [0.25, 0.3) is 0 Å². The number of aliphatic hydroxyl groups is 1. The first-order valence-electron chi connectivity index (χ1n) is 6.29. The summed E-state index contributed by atoms with van der Waals surface area (Å²) in [5, 5.41) is 9.04. The van der Waals surface area contributed by atoms with Crippen LogP contribution in [0.5, 0.6) is 0 Å². The van der Waals surface area contributed by atoms with E-state index in [1.165, 1.54) is 16.4 Å². The molecule has 0 aliphatic heterocycles. The van der Waals surface area contributed by atoms with Gasteiger partial charge in [0.05, 0.1) is 6.61 Å². The number of sulfonamides is 1. The molecule has 0 amide bonds. The van der Waals surface area contributed by atoms with Crippen LogP contribution in [0.15, 0.2) is 23.1 Å². The second-order valence-electron chi connectivity index (χ2n) is 4.39. The topological polar surface area (TPSA) is 57.6 Å². The highest BCUT2D eigenvalue weighted by Gasteiger charge is 2.29. The predicted octanol–water partition coefficient (Wildman–Crippen LogP) is 2.13. The van der Waals surface area contributed by atoms with Crippen molar-refractivity contribution in [2.75, 3.05) is 6.54 Å². The van der Waals surface area contributed by atoms with Crippen LogP contribution < -0.4 is 0 Å². The third-order valence-electron chi connectivity index (χ3n) is 3.16. The van der Waals surface area contributed by atoms with E-state index in [1.807, 2.05) is 6.92 Å². The molecule has 6 heteroatoms. The van der Waals surface area contributed by atoms with E-state index >= 15 is 0 Å². The normalized spacial score (nSPS) is 13.8. The summed E-state index contributed by atoms with van der Waals surface area (Å²) < 4.78 is 40.0. The fraction of sp³-hybridized carbons (Fsp3) is 0.538. The first-order valence-corrected chi connectivity index (χ1v) is 7.73. The second kappa shape index (κ2) is 6.45. The summed E-state index contributed by atoms with van der Waals surface area (Å²) >= 11 is 0. The Kier molecular flexibility index (Phi) is 5.46. The molecule has 0 radical (unpaired) electrons. The van der Waals surface area contributed by atoms with Crippen molar-refractivity contribution in [3.63, 3.8) is 0 Å². The molecule has 4 nitrogen and oxygen atoms in total. The number of halogens is 1. The maximum absolute atomic E-state index is 13.8. The summed E-state index contributed by atoms with van der Waals surface area (Å²) in [7, 11) is -3.88. The van der Waals surface area contributed by atoms with Gasteiger partial charge in [-0.05, 0) is 31.0 Å². The Hall–Kier alpha value is -0.980. The van der Waals surface area contributed by atoms with Gasteiger partial charge < -0.3 is 5.11 Å². The molecule has 0 bridgehead atoms. The number of hydrogen-bond donors (Lipinski definition) is 1. The van der Waals surface area contributed by atoms with Crippen LogP contribution in [0.25, 0.3) is 0 Å². The molecule has 0 fully saturated rings. The molecule has 0 aliphatic carbocycles. The smallest absolute Gasteiger partial charge is 0.246 e. The van der Waals surface area contributed by atoms with Gasteiger partial charge in [-0.15, -0.1) is 0 Å². The molecule has 0 spiro atoms. The van der Waals surface area contributed by atoms with Crippen molar-refractivity contribution < 1.29 is 17.9 Å². The van der Waals surface area contributed by atoms with E-state index in [1.54, 1.807) is 13.8 Å². The zero-order valence-electron chi connectivity index (χ0n) is 11.4. The summed E-state index contributed by atoms with van der Waals surface area (Å²) in [5.41, 5.74) is 0.375. The number of nitrogens with zero attached hydrogens (tertiary/aromatic N) is 1. The van der Waals surface area contributed by atoms with E-state index in [2.05, 4.69) is 0 Å².